The molecule has 1 amide bonds. The van der Waals surface area contributed by atoms with Crippen molar-refractivity contribution in [2.75, 3.05) is 0 Å². The molecule has 0 heterocycles. The van der Waals surface area contributed by atoms with Crippen molar-refractivity contribution in [2.45, 2.75) is 52.6 Å². The molecule has 4 nitrogen and oxygen atoms in total. The number of rotatable bonds is 5. The van der Waals surface area contributed by atoms with E-state index in [9.17, 15) is 14.7 Å². The van der Waals surface area contributed by atoms with Gasteiger partial charge in [-0.2, -0.15) is 0 Å². The summed E-state index contributed by atoms with van der Waals surface area (Å²) in [6.07, 6.45) is 4.45. The van der Waals surface area contributed by atoms with Crippen LogP contribution in [0.1, 0.15) is 40.5 Å². The van der Waals surface area contributed by atoms with Crippen LogP contribution in [0.4, 0.5) is 0 Å². The van der Waals surface area contributed by atoms with Crippen molar-refractivity contribution in [3.05, 3.63) is 11.6 Å². The maximum Gasteiger partial charge on any atom is 0.326 e. The number of hydrogen-bond acceptors (Lipinski definition) is 2. The second kappa shape index (κ2) is 6.03. The van der Waals surface area contributed by atoms with Crippen LogP contribution in [0.5, 0.6) is 0 Å². The smallest absolute Gasteiger partial charge is 0.326 e. The van der Waals surface area contributed by atoms with Gasteiger partial charge in [-0.15, -0.1) is 0 Å². The quantitative estimate of drug-likeness (QED) is 0.604. The second-order valence-electron chi connectivity index (χ2n) is 5.62. The molecule has 0 bridgehead atoms. The van der Waals surface area contributed by atoms with Gasteiger partial charge in [-0.05, 0) is 45.4 Å². The maximum absolute atomic E-state index is 11.5. The molecular formula is C14H23NO3. The predicted octanol–water partition coefficient (Wildman–Crippen LogP) is 2.30. The summed E-state index contributed by atoms with van der Waals surface area (Å²) in [6.45, 7) is 7.82. The van der Waals surface area contributed by atoms with Gasteiger partial charge >= 0.3 is 5.97 Å². The second-order valence-corrected chi connectivity index (χ2v) is 5.62. The number of amides is 1. The van der Waals surface area contributed by atoms with E-state index in [0.29, 0.717) is 12.3 Å². The summed E-state index contributed by atoms with van der Waals surface area (Å²) >= 11 is 0. The highest BCUT2D eigenvalue weighted by Crippen LogP contribution is 2.32. The van der Waals surface area contributed by atoms with Crippen LogP contribution >= 0.6 is 0 Å². The molecule has 1 rings (SSSR count). The number of carbonyl (C=O) groups excluding carboxylic acids is 1. The summed E-state index contributed by atoms with van der Waals surface area (Å²) in [5.74, 6) is -0.510. The van der Waals surface area contributed by atoms with Crippen molar-refractivity contribution in [1.29, 1.82) is 0 Å². The van der Waals surface area contributed by atoms with Crippen molar-refractivity contribution >= 4 is 12.4 Å². The molecule has 102 valence electrons. The van der Waals surface area contributed by atoms with Gasteiger partial charge < -0.3 is 10.0 Å². The van der Waals surface area contributed by atoms with Gasteiger partial charge in [0.25, 0.3) is 0 Å². The highest BCUT2D eigenvalue weighted by Gasteiger charge is 2.36. The van der Waals surface area contributed by atoms with E-state index in [0.717, 1.165) is 12.8 Å². The lowest BCUT2D eigenvalue weighted by molar-refractivity contribution is -0.150. The Kier molecular flexibility index (Phi) is 4.93. The summed E-state index contributed by atoms with van der Waals surface area (Å²) in [7, 11) is 0. The van der Waals surface area contributed by atoms with Crippen LogP contribution in [0, 0.1) is 11.8 Å². The molecule has 1 N–H and O–H groups in total. The molecule has 3 unspecified atom stereocenters. The molecule has 0 fully saturated rings. The Bertz CT molecular complexity index is 349. The van der Waals surface area contributed by atoms with Gasteiger partial charge in [-0.1, -0.05) is 18.6 Å². The lowest BCUT2D eigenvalue weighted by Crippen LogP contribution is -2.49. The Morgan fingerprint density at radius 2 is 2.17 bits per heavy atom. The summed E-state index contributed by atoms with van der Waals surface area (Å²) in [6, 6.07) is -0.807. The molecule has 0 saturated heterocycles. The molecular weight excluding hydrogens is 230 g/mol. The van der Waals surface area contributed by atoms with Gasteiger partial charge in [-0.3, -0.25) is 4.79 Å². The molecule has 0 spiro atoms. The summed E-state index contributed by atoms with van der Waals surface area (Å²) in [5.41, 5.74) is 1.22. The fraction of sp³-hybridized carbons (Fsp3) is 0.714. The maximum atomic E-state index is 11.5. The molecule has 0 aromatic heterocycles. The van der Waals surface area contributed by atoms with Crippen LogP contribution in [0.3, 0.4) is 0 Å². The van der Waals surface area contributed by atoms with Gasteiger partial charge in [-0.25, -0.2) is 4.79 Å². The van der Waals surface area contributed by atoms with Gasteiger partial charge in [0.15, 0.2) is 0 Å². The molecule has 1 aliphatic rings. The van der Waals surface area contributed by atoms with Crippen LogP contribution in [-0.4, -0.2) is 34.5 Å². The van der Waals surface area contributed by atoms with Crippen molar-refractivity contribution in [1.82, 2.24) is 4.90 Å². The minimum atomic E-state index is -0.900. The Morgan fingerprint density at radius 3 is 2.56 bits per heavy atom. The minimum absolute atomic E-state index is 0.00935. The van der Waals surface area contributed by atoms with Crippen molar-refractivity contribution in [3.8, 4) is 0 Å². The largest absolute Gasteiger partial charge is 0.480 e. The van der Waals surface area contributed by atoms with Crippen molar-refractivity contribution in [3.63, 3.8) is 0 Å². The molecule has 4 heteroatoms. The van der Waals surface area contributed by atoms with E-state index in [1.807, 2.05) is 20.8 Å². The monoisotopic (exact) mass is 253 g/mol. The van der Waals surface area contributed by atoms with Crippen LogP contribution in [0.25, 0.3) is 0 Å². The first-order chi connectivity index (χ1) is 8.36. The van der Waals surface area contributed by atoms with E-state index < -0.39 is 12.0 Å². The third-order valence-corrected chi connectivity index (χ3v) is 3.57. The van der Waals surface area contributed by atoms with Gasteiger partial charge in [0.1, 0.15) is 6.04 Å². The number of carboxylic acids is 1. The van der Waals surface area contributed by atoms with Crippen LogP contribution in [-0.2, 0) is 9.59 Å². The first kappa shape index (κ1) is 14.7. The number of hydrogen-bond donors (Lipinski definition) is 1. The average molecular weight is 253 g/mol. The number of carboxylic acid groups (broad SMARTS) is 1. The van der Waals surface area contributed by atoms with E-state index in [-0.39, 0.29) is 12.0 Å². The number of aliphatic carboxylic acids is 1. The van der Waals surface area contributed by atoms with Gasteiger partial charge in [0, 0.05) is 6.04 Å². The number of nitrogens with zero attached hydrogens (tertiary/aromatic N) is 1. The first-order valence-corrected chi connectivity index (χ1v) is 6.49. The summed E-state index contributed by atoms with van der Waals surface area (Å²) < 4.78 is 0. The zero-order chi connectivity index (χ0) is 13.9. The normalized spacial score (nSPS) is 25.5. The number of carbonyl (C=O) groups is 2. The zero-order valence-corrected chi connectivity index (χ0v) is 11.6. The molecule has 1 aliphatic carbocycles. The molecule has 0 saturated carbocycles. The fourth-order valence-electron chi connectivity index (χ4n) is 2.92. The van der Waals surface area contributed by atoms with Crippen molar-refractivity contribution < 1.29 is 14.7 Å². The summed E-state index contributed by atoms with van der Waals surface area (Å²) in [4.78, 5) is 24.1. The first-order valence-electron chi connectivity index (χ1n) is 6.49. The molecule has 0 aromatic rings. The topological polar surface area (TPSA) is 57.6 Å². The lowest BCUT2D eigenvalue weighted by Gasteiger charge is -2.37. The van der Waals surface area contributed by atoms with E-state index in [2.05, 4.69) is 13.0 Å². The molecule has 0 radical (unpaired) electrons. The van der Waals surface area contributed by atoms with Gasteiger partial charge in [0.2, 0.25) is 6.41 Å². The van der Waals surface area contributed by atoms with Crippen molar-refractivity contribution in [2.24, 2.45) is 11.8 Å². The Balaban J connectivity index is 2.95. The fourth-order valence-corrected chi connectivity index (χ4v) is 2.92. The highest BCUT2D eigenvalue weighted by molar-refractivity contribution is 5.77. The van der Waals surface area contributed by atoms with E-state index >= 15 is 0 Å². The zero-order valence-electron chi connectivity index (χ0n) is 11.6. The lowest BCUT2D eigenvalue weighted by atomic mass is 9.79. The van der Waals surface area contributed by atoms with E-state index in [1.165, 1.54) is 10.5 Å². The Morgan fingerprint density at radius 1 is 1.56 bits per heavy atom. The molecule has 18 heavy (non-hydrogen) atoms. The van der Waals surface area contributed by atoms with Crippen LogP contribution < -0.4 is 0 Å². The van der Waals surface area contributed by atoms with E-state index in [1.54, 1.807) is 0 Å². The SMILES string of the molecule is CC1=CC(C)CC(C(C(=O)O)N(C=O)C(C)C)C1. The Labute approximate surface area is 109 Å². The van der Waals surface area contributed by atoms with Crippen LogP contribution in [0.15, 0.2) is 11.6 Å². The average Bonchev–Trinajstić information content (AvgIpc) is 2.22. The van der Waals surface area contributed by atoms with Crippen LogP contribution in [0.2, 0.25) is 0 Å². The minimum Gasteiger partial charge on any atom is -0.480 e. The molecule has 3 atom stereocenters. The Hall–Kier alpha value is -1.32. The summed E-state index contributed by atoms with van der Waals surface area (Å²) in [5, 5.41) is 9.43. The molecule has 0 aromatic carbocycles. The standard InChI is InChI=1S/C14H23NO3/c1-9(2)15(8-16)13(14(17)18)12-6-10(3)5-11(4)7-12/h5,8-10,12-13H,6-7H2,1-4H3,(H,17,18). The highest BCUT2D eigenvalue weighted by atomic mass is 16.4. The van der Waals surface area contributed by atoms with E-state index in [4.69, 9.17) is 0 Å². The van der Waals surface area contributed by atoms with Gasteiger partial charge in [0.05, 0.1) is 0 Å². The predicted molar refractivity (Wildman–Crippen MR) is 70.1 cm³/mol. The molecule has 0 aliphatic heterocycles. The number of allylic oxidation sites excluding steroid dienone is 2. The third kappa shape index (κ3) is 3.34. The third-order valence-electron chi connectivity index (χ3n) is 3.57.